The number of benzene rings is 1. The van der Waals surface area contributed by atoms with Gasteiger partial charge >= 0.3 is 0 Å². The van der Waals surface area contributed by atoms with E-state index in [1.54, 1.807) is 0 Å². The van der Waals surface area contributed by atoms with E-state index in [0.717, 1.165) is 32.5 Å². The van der Waals surface area contributed by atoms with Crippen LogP contribution in [0.4, 0.5) is 0 Å². The maximum atomic E-state index is 9.91. The number of hydrogen-bond acceptors (Lipinski definition) is 2. The van der Waals surface area contributed by atoms with Gasteiger partial charge in [-0.2, -0.15) is 0 Å². The SMILES string of the molecule is O[C@]12CCN(Cc3ccccc3)C[C@H]1C2. The van der Waals surface area contributed by atoms with Crippen LogP contribution in [0, 0.1) is 5.92 Å². The molecule has 0 amide bonds. The van der Waals surface area contributed by atoms with Gasteiger partial charge in [0.2, 0.25) is 0 Å². The van der Waals surface area contributed by atoms with Crippen LogP contribution < -0.4 is 0 Å². The molecule has 1 aromatic carbocycles. The van der Waals surface area contributed by atoms with Crippen molar-refractivity contribution in [1.29, 1.82) is 0 Å². The molecule has 80 valence electrons. The van der Waals surface area contributed by atoms with Crippen molar-refractivity contribution in [2.45, 2.75) is 25.0 Å². The van der Waals surface area contributed by atoms with Gasteiger partial charge in [0.1, 0.15) is 0 Å². The van der Waals surface area contributed by atoms with E-state index in [-0.39, 0.29) is 5.60 Å². The van der Waals surface area contributed by atoms with Gasteiger partial charge in [-0.3, -0.25) is 4.90 Å². The highest BCUT2D eigenvalue weighted by Crippen LogP contribution is 2.49. The Morgan fingerprint density at radius 3 is 2.87 bits per heavy atom. The Balaban J connectivity index is 1.61. The molecule has 1 N–H and O–H groups in total. The normalized spacial score (nSPS) is 34.9. The lowest BCUT2D eigenvalue weighted by atomic mass is 10.1. The van der Waals surface area contributed by atoms with Crippen molar-refractivity contribution in [3.05, 3.63) is 35.9 Å². The number of fused-ring (bicyclic) bond motifs is 1. The number of rotatable bonds is 2. The van der Waals surface area contributed by atoms with E-state index in [4.69, 9.17) is 0 Å². The van der Waals surface area contributed by atoms with Crippen LogP contribution in [0.25, 0.3) is 0 Å². The second kappa shape index (κ2) is 3.32. The Kier molecular flexibility index (Phi) is 2.08. The van der Waals surface area contributed by atoms with Crippen LogP contribution in [0.5, 0.6) is 0 Å². The van der Waals surface area contributed by atoms with Crippen LogP contribution in [-0.4, -0.2) is 28.7 Å². The highest BCUT2D eigenvalue weighted by Gasteiger charge is 2.55. The van der Waals surface area contributed by atoms with E-state index >= 15 is 0 Å². The van der Waals surface area contributed by atoms with Crippen molar-refractivity contribution in [2.75, 3.05) is 13.1 Å². The fraction of sp³-hybridized carbons (Fsp3) is 0.538. The van der Waals surface area contributed by atoms with Crippen molar-refractivity contribution < 1.29 is 5.11 Å². The van der Waals surface area contributed by atoms with Crippen molar-refractivity contribution in [1.82, 2.24) is 4.90 Å². The third-order valence-corrected chi connectivity index (χ3v) is 3.79. The third-order valence-electron chi connectivity index (χ3n) is 3.79. The summed E-state index contributed by atoms with van der Waals surface area (Å²) < 4.78 is 0. The lowest BCUT2D eigenvalue weighted by Gasteiger charge is -2.29. The summed E-state index contributed by atoms with van der Waals surface area (Å²) in [5, 5.41) is 9.91. The summed E-state index contributed by atoms with van der Waals surface area (Å²) in [6.07, 6.45) is 1.99. The highest BCUT2D eigenvalue weighted by molar-refractivity contribution is 5.15. The smallest absolute Gasteiger partial charge is 0.0705 e. The molecule has 1 aliphatic carbocycles. The quantitative estimate of drug-likeness (QED) is 0.790. The Bertz CT molecular complexity index is 351. The van der Waals surface area contributed by atoms with Crippen LogP contribution in [-0.2, 0) is 6.54 Å². The van der Waals surface area contributed by atoms with Crippen LogP contribution in [0.3, 0.4) is 0 Å². The molecule has 0 radical (unpaired) electrons. The summed E-state index contributed by atoms with van der Waals surface area (Å²) in [7, 11) is 0. The molecule has 2 fully saturated rings. The molecule has 2 heteroatoms. The highest BCUT2D eigenvalue weighted by atomic mass is 16.3. The van der Waals surface area contributed by atoms with Gasteiger partial charge < -0.3 is 5.11 Å². The minimum Gasteiger partial charge on any atom is -0.389 e. The van der Waals surface area contributed by atoms with Gasteiger partial charge in [-0.1, -0.05) is 30.3 Å². The summed E-state index contributed by atoms with van der Waals surface area (Å²) in [5.41, 5.74) is 1.11. The second-order valence-electron chi connectivity index (χ2n) is 4.98. The van der Waals surface area contributed by atoms with Crippen molar-refractivity contribution in [2.24, 2.45) is 5.92 Å². The maximum absolute atomic E-state index is 9.91. The van der Waals surface area contributed by atoms with Gasteiger partial charge in [-0.25, -0.2) is 0 Å². The van der Waals surface area contributed by atoms with E-state index in [0.29, 0.717) is 5.92 Å². The predicted molar refractivity (Wildman–Crippen MR) is 59.4 cm³/mol. The van der Waals surface area contributed by atoms with Crippen molar-refractivity contribution in [3.8, 4) is 0 Å². The van der Waals surface area contributed by atoms with E-state index in [2.05, 4.69) is 35.2 Å². The molecule has 1 aromatic rings. The molecule has 2 aliphatic rings. The summed E-state index contributed by atoms with van der Waals surface area (Å²) >= 11 is 0. The van der Waals surface area contributed by atoms with Crippen LogP contribution in [0.1, 0.15) is 18.4 Å². The molecular formula is C13H17NO. The fourth-order valence-electron chi connectivity index (χ4n) is 2.65. The molecule has 2 nitrogen and oxygen atoms in total. The van der Waals surface area contributed by atoms with Gasteiger partial charge in [0.25, 0.3) is 0 Å². The molecule has 0 aromatic heterocycles. The summed E-state index contributed by atoms with van der Waals surface area (Å²) in [5.74, 6) is 0.551. The summed E-state index contributed by atoms with van der Waals surface area (Å²) in [6, 6.07) is 10.6. The number of nitrogens with zero attached hydrogens (tertiary/aromatic N) is 1. The lowest BCUT2D eigenvalue weighted by Crippen LogP contribution is -2.36. The second-order valence-corrected chi connectivity index (χ2v) is 4.98. The van der Waals surface area contributed by atoms with Gasteiger partial charge in [-0.05, 0) is 18.4 Å². The molecule has 3 rings (SSSR count). The first-order chi connectivity index (χ1) is 7.26. The minimum absolute atomic E-state index is 0.271. The maximum Gasteiger partial charge on any atom is 0.0705 e. The molecular weight excluding hydrogens is 186 g/mol. The minimum atomic E-state index is -0.271. The summed E-state index contributed by atoms with van der Waals surface area (Å²) in [4.78, 5) is 2.46. The molecule has 1 heterocycles. The average molecular weight is 203 g/mol. The number of likely N-dealkylation sites (tertiary alicyclic amines) is 1. The zero-order valence-corrected chi connectivity index (χ0v) is 8.89. The summed E-state index contributed by atoms with van der Waals surface area (Å²) in [6.45, 7) is 3.15. The zero-order chi connectivity index (χ0) is 10.3. The van der Waals surface area contributed by atoms with Gasteiger partial charge in [0.05, 0.1) is 5.60 Å². The van der Waals surface area contributed by atoms with Crippen molar-refractivity contribution in [3.63, 3.8) is 0 Å². The molecule has 1 saturated carbocycles. The molecule has 0 bridgehead atoms. The molecule has 1 saturated heterocycles. The topological polar surface area (TPSA) is 23.5 Å². The van der Waals surface area contributed by atoms with E-state index in [1.165, 1.54) is 5.56 Å². The van der Waals surface area contributed by atoms with Gasteiger partial charge in [0.15, 0.2) is 0 Å². The first-order valence-corrected chi connectivity index (χ1v) is 5.75. The Labute approximate surface area is 90.5 Å². The standard InChI is InChI=1S/C13H17NO/c15-13-6-7-14(10-12(13)8-13)9-11-4-2-1-3-5-11/h1-5,12,15H,6-10H2/t12-,13+/m1/s1. The van der Waals surface area contributed by atoms with Crippen LogP contribution >= 0.6 is 0 Å². The van der Waals surface area contributed by atoms with E-state index < -0.39 is 0 Å². The molecule has 2 atom stereocenters. The number of hydrogen-bond donors (Lipinski definition) is 1. The zero-order valence-electron chi connectivity index (χ0n) is 8.89. The molecule has 1 aliphatic heterocycles. The first-order valence-electron chi connectivity index (χ1n) is 5.75. The van der Waals surface area contributed by atoms with Crippen LogP contribution in [0.2, 0.25) is 0 Å². The number of piperidine rings is 1. The Hall–Kier alpha value is -0.860. The molecule has 15 heavy (non-hydrogen) atoms. The average Bonchev–Trinajstić information content (AvgIpc) is 2.91. The fourth-order valence-corrected chi connectivity index (χ4v) is 2.65. The van der Waals surface area contributed by atoms with Gasteiger partial charge in [-0.15, -0.1) is 0 Å². The Morgan fingerprint density at radius 1 is 1.33 bits per heavy atom. The van der Waals surface area contributed by atoms with Gasteiger partial charge in [0, 0.05) is 25.6 Å². The molecule has 0 unspecified atom stereocenters. The lowest BCUT2D eigenvalue weighted by molar-refractivity contribution is 0.0618. The van der Waals surface area contributed by atoms with E-state index in [1.807, 2.05) is 0 Å². The predicted octanol–water partition coefficient (Wildman–Crippen LogP) is 1.64. The van der Waals surface area contributed by atoms with Crippen molar-refractivity contribution >= 4 is 0 Å². The van der Waals surface area contributed by atoms with Crippen LogP contribution in [0.15, 0.2) is 30.3 Å². The number of aliphatic hydroxyl groups is 1. The molecule has 0 spiro atoms. The van der Waals surface area contributed by atoms with E-state index in [9.17, 15) is 5.11 Å². The first kappa shape index (κ1) is 9.37. The largest absolute Gasteiger partial charge is 0.389 e. The third kappa shape index (κ3) is 1.80. The monoisotopic (exact) mass is 203 g/mol. The Morgan fingerprint density at radius 2 is 2.13 bits per heavy atom.